The molecule has 1 fully saturated rings. The molecule has 0 amide bonds. The number of anilines is 1. The van der Waals surface area contributed by atoms with Gasteiger partial charge in [0.2, 0.25) is 0 Å². The van der Waals surface area contributed by atoms with E-state index in [1.807, 2.05) is 44.2 Å². The van der Waals surface area contributed by atoms with Crippen molar-refractivity contribution in [3.63, 3.8) is 0 Å². The van der Waals surface area contributed by atoms with Crippen molar-refractivity contribution < 1.29 is 14.1 Å². The normalized spacial score (nSPS) is 17.4. The summed E-state index contributed by atoms with van der Waals surface area (Å²) in [6, 6.07) is 9.35. The molecule has 0 aliphatic carbocycles. The highest BCUT2D eigenvalue weighted by atomic mass is 35.5. The van der Waals surface area contributed by atoms with Crippen LogP contribution in [-0.2, 0) is 21.4 Å². The molecule has 1 aliphatic heterocycles. The third-order valence-corrected chi connectivity index (χ3v) is 4.89. The average Bonchev–Trinajstić information content (AvgIpc) is 2.97. The predicted octanol–water partition coefficient (Wildman–Crippen LogP) is 3.64. The van der Waals surface area contributed by atoms with Crippen molar-refractivity contribution in [2.75, 3.05) is 25.2 Å². The van der Waals surface area contributed by atoms with Gasteiger partial charge >= 0.3 is 0 Å². The van der Waals surface area contributed by atoms with Gasteiger partial charge in [0.05, 0.1) is 24.8 Å². The Balaban J connectivity index is 1.65. The van der Waals surface area contributed by atoms with Crippen LogP contribution < -0.4 is 4.90 Å². The first-order chi connectivity index (χ1) is 11.9. The largest absolute Gasteiger partial charge is 0.384 e. The van der Waals surface area contributed by atoms with Gasteiger partial charge in [0.1, 0.15) is 5.76 Å². The molecule has 1 saturated heterocycles. The Bertz CT molecular complexity index is 739. The standard InChI is InChI=1S/C19H23ClN2O3/c1-19(2,12-24-3)18-11-14(21-25-18)10-17(23)16-8-9-22(16)15-6-4-13(20)5-7-15/h4-7,11,16H,8-10,12H2,1-3H3/t16-/m0/s1. The van der Waals surface area contributed by atoms with Gasteiger partial charge in [-0.2, -0.15) is 0 Å². The van der Waals surface area contributed by atoms with Gasteiger partial charge < -0.3 is 14.2 Å². The number of benzene rings is 1. The smallest absolute Gasteiger partial charge is 0.161 e. The molecule has 25 heavy (non-hydrogen) atoms. The number of nitrogens with zero attached hydrogens (tertiary/aromatic N) is 2. The maximum atomic E-state index is 12.7. The Morgan fingerprint density at radius 1 is 1.40 bits per heavy atom. The fourth-order valence-electron chi connectivity index (χ4n) is 3.11. The molecule has 1 atom stereocenters. The molecule has 0 spiro atoms. The number of methoxy groups -OCH3 is 1. The van der Waals surface area contributed by atoms with Crippen molar-refractivity contribution in [1.29, 1.82) is 0 Å². The highest BCUT2D eigenvalue weighted by Crippen LogP contribution is 2.29. The Morgan fingerprint density at radius 2 is 2.12 bits per heavy atom. The summed E-state index contributed by atoms with van der Waals surface area (Å²) in [6.45, 7) is 5.46. The molecular weight excluding hydrogens is 340 g/mol. The SMILES string of the molecule is COCC(C)(C)c1cc(CC(=O)[C@@H]2CCN2c2ccc(Cl)cc2)no1. The van der Waals surface area contributed by atoms with E-state index < -0.39 is 0 Å². The van der Waals surface area contributed by atoms with E-state index in [9.17, 15) is 4.79 Å². The minimum absolute atomic E-state index is 0.103. The van der Waals surface area contributed by atoms with Crippen LogP contribution in [0.15, 0.2) is 34.9 Å². The molecule has 5 nitrogen and oxygen atoms in total. The lowest BCUT2D eigenvalue weighted by Gasteiger charge is -2.41. The summed E-state index contributed by atoms with van der Waals surface area (Å²) in [5.74, 6) is 0.894. The second-order valence-electron chi connectivity index (χ2n) is 7.12. The van der Waals surface area contributed by atoms with E-state index in [0.717, 1.165) is 24.4 Å². The van der Waals surface area contributed by atoms with Gasteiger partial charge in [0, 0.05) is 35.8 Å². The number of aromatic nitrogens is 1. The topological polar surface area (TPSA) is 55.6 Å². The molecule has 134 valence electrons. The van der Waals surface area contributed by atoms with Crippen molar-refractivity contribution in [1.82, 2.24) is 5.16 Å². The molecule has 0 saturated carbocycles. The minimum Gasteiger partial charge on any atom is -0.384 e. The van der Waals surface area contributed by atoms with Crippen LogP contribution in [0.4, 0.5) is 5.69 Å². The fraction of sp³-hybridized carbons (Fsp3) is 0.474. The van der Waals surface area contributed by atoms with E-state index in [1.54, 1.807) is 7.11 Å². The van der Waals surface area contributed by atoms with Gasteiger partial charge in [-0.05, 0) is 30.7 Å². The number of halogens is 1. The molecule has 3 rings (SSSR count). The number of carbonyl (C=O) groups is 1. The van der Waals surface area contributed by atoms with Crippen molar-refractivity contribution in [3.05, 3.63) is 46.8 Å². The van der Waals surface area contributed by atoms with E-state index >= 15 is 0 Å². The lowest BCUT2D eigenvalue weighted by atomic mass is 9.90. The summed E-state index contributed by atoms with van der Waals surface area (Å²) in [6.07, 6.45) is 1.14. The van der Waals surface area contributed by atoms with E-state index in [0.29, 0.717) is 17.3 Å². The molecule has 0 N–H and O–H groups in total. The van der Waals surface area contributed by atoms with Crippen molar-refractivity contribution in [2.45, 2.75) is 38.1 Å². The van der Waals surface area contributed by atoms with Crippen LogP contribution in [-0.4, -0.2) is 37.2 Å². The first kappa shape index (κ1) is 18.0. The number of ketones is 1. The first-order valence-electron chi connectivity index (χ1n) is 8.40. The van der Waals surface area contributed by atoms with Crippen molar-refractivity contribution in [2.24, 2.45) is 0 Å². The Hall–Kier alpha value is -1.85. The molecule has 2 aromatic rings. The van der Waals surface area contributed by atoms with Crippen LogP contribution in [0.2, 0.25) is 5.02 Å². The zero-order valence-electron chi connectivity index (χ0n) is 14.8. The molecule has 2 heterocycles. The number of Topliss-reactive ketones (excluding diaryl/α,β-unsaturated/α-hetero) is 1. The molecule has 1 aromatic heterocycles. The Kier molecular flexibility index (Phi) is 5.16. The number of ether oxygens (including phenoxy) is 1. The average molecular weight is 363 g/mol. The van der Waals surface area contributed by atoms with E-state index in [2.05, 4.69) is 10.1 Å². The highest BCUT2D eigenvalue weighted by Gasteiger charge is 2.35. The Labute approximate surface area is 152 Å². The van der Waals surface area contributed by atoms with Gasteiger partial charge in [-0.15, -0.1) is 0 Å². The molecule has 6 heteroatoms. The fourth-order valence-corrected chi connectivity index (χ4v) is 3.23. The molecule has 0 unspecified atom stereocenters. The van der Waals surface area contributed by atoms with E-state index in [4.69, 9.17) is 20.9 Å². The molecular formula is C19H23ClN2O3. The molecule has 0 radical (unpaired) electrons. The van der Waals surface area contributed by atoms with Gasteiger partial charge in [-0.25, -0.2) is 0 Å². The summed E-state index contributed by atoms with van der Waals surface area (Å²) in [4.78, 5) is 14.8. The summed E-state index contributed by atoms with van der Waals surface area (Å²) in [5, 5.41) is 4.76. The summed E-state index contributed by atoms with van der Waals surface area (Å²) in [7, 11) is 1.66. The lowest BCUT2D eigenvalue weighted by molar-refractivity contribution is -0.120. The zero-order valence-corrected chi connectivity index (χ0v) is 15.5. The maximum Gasteiger partial charge on any atom is 0.161 e. The number of rotatable bonds is 7. The predicted molar refractivity (Wildman–Crippen MR) is 97.3 cm³/mol. The summed E-state index contributed by atoms with van der Waals surface area (Å²) >= 11 is 5.93. The molecule has 1 aliphatic rings. The van der Waals surface area contributed by atoms with Gasteiger partial charge in [-0.3, -0.25) is 4.79 Å². The zero-order chi connectivity index (χ0) is 18.0. The van der Waals surface area contributed by atoms with Crippen LogP contribution in [0.1, 0.15) is 31.7 Å². The third-order valence-electron chi connectivity index (χ3n) is 4.64. The van der Waals surface area contributed by atoms with Gasteiger partial charge in [0.25, 0.3) is 0 Å². The highest BCUT2D eigenvalue weighted by molar-refractivity contribution is 6.30. The summed E-state index contributed by atoms with van der Waals surface area (Å²) < 4.78 is 10.6. The van der Waals surface area contributed by atoms with Crippen LogP contribution >= 0.6 is 11.6 Å². The Morgan fingerprint density at radius 3 is 2.72 bits per heavy atom. The molecule has 1 aromatic carbocycles. The van der Waals surface area contributed by atoms with Crippen LogP contribution in [0.3, 0.4) is 0 Å². The third kappa shape index (κ3) is 3.88. The van der Waals surface area contributed by atoms with Crippen molar-refractivity contribution >= 4 is 23.1 Å². The van der Waals surface area contributed by atoms with Crippen LogP contribution in [0, 0.1) is 0 Å². The number of carbonyl (C=O) groups excluding carboxylic acids is 1. The van der Waals surface area contributed by atoms with Gasteiger partial charge in [0.15, 0.2) is 5.78 Å². The number of hydrogen-bond donors (Lipinski definition) is 0. The van der Waals surface area contributed by atoms with E-state index in [1.165, 1.54) is 0 Å². The second kappa shape index (κ2) is 7.18. The van der Waals surface area contributed by atoms with Crippen LogP contribution in [0.5, 0.6) is 0 Å². The minimum atomic E-state index is -0.269. The first-order valence-corrected chi connectivity index (χ1v) is 8.78. The van der Waals surface area contributed by atoms with Gasteiger partial charge in [-0.1, -0.05) is 30.6 Å². The number of hydrogen-bond acceptors (Lipinski definition) is 5. The van der Waals surface area contributed by atoms with Crippen LogP contribution in [0.25, 0.3) is 0 Å². The monoisotopic (exact) mass is 362 g/mol. The molecule has 0 bridgehead atoms. The quantitative estimate of drug-likeness (QED) is 0.752. The van der Waals surface area contributed by atoms with E-state index in [-0.39, 0.29) is 23.7 Å². The second-order valence-corrected chi connectivity index (χ2v) is 7.55. The maximum absolute atomic E-state index is 12.7. The van der Waals surface area contributed by atoms with Crippen molar-refractivity contribution in [3.8, 4) is 0 Å². The lowest BCUT2D eigenvalue weighted by Crippen LogP contribution is -2.53. The summed E-state index contributed by atoms with van der Waals surface area (Å²) in [5.41, 5.74) is 1.43.